The molecular formula is C9H18N2O2S. The Bertz CT molecular complexity index is 290. The molecule has 0 aromatic heterocycles. The number of rotatable bonds is 2. The largest absolute Gasteiger partial charge is 0.300 e. The van der Waals surface area contributed by atoms with Gasteiger partial charge in [0.05, 0.1) is 6.26 Å². The third-order valence-electron chi connectivity index (χ3n) is 3.30. The Morgan fingerprint density at radius 2 is 1.64 bits per heavy atom. The van der Waals surface area contributed by atoms with Gasteiger partial charge in [0.1, 0.15) is 0 Å². The summed E-state index contributed by atoms with van der Waals surface area (Å²) in [5.41, 5.74) is 0. The van der Waals surface area contributed by atoms with Crippen LogP contribution in [0.3, 0.4) is 0 Å². The van der Waals surface area contributed by atoms with Gasteiger partial charge in [-0.3, -0.25) is 0 Å². The predicted octanol–water partition coefficient (Wildman–Crippen LogP) is 0.116. The highest BCUT2D eigenvalue weighted by Gasteiger charge is 2.30. The fourth-order valence-electron chi connectivity index (χ4n) is 2.24. The molecule has 82 valence electrons. The summed E-state index contributed by atoms with van der Waals surface area (Å²) < 4.78 is 24.1. The molecule has 2 aliphatic rings. The quantitative estimate of drug-likeness (QED) is 0.661. The zero-order valence-electron chi connectivity index (χ0n) is 8.65. The van der Waals surface area contributed by atoms with E-state index in [0.717, 1.165) is 12.8 Å². The fourth-order valence-corrected chi connectivity index (χ4v) is 3.12. The predicted molar refractivity (Wildman–Crippen MR) is 55.6 cm³/mol. The van der Waals surface area contributed by atoms with Gasteiger partial charge in [-0.15, -0.1) is 0 Å². The second-order valence-electron chi connectivity index (χ2n) is 4.28. The maximum atomic E-state index is 11.3. The molecule has 5 heteroatoms. The van der Waals surface area contributed by atoms with E-state index in [4.69, 9.17) is 0 Å². The molecule has 4 nitrogen and oxygen atoms in total. The van der Waals surface area contributed by atoms with Crippen LogP contribution in [0.5, 0.6) is 0 Å². The van der Waals surface area contributed by atoms with Gasteiger partial charge in [-0.1, -0.05) is 0 Å². The third-order valence-corrected chi connectivity index (χ3v) is 4.60. The average molecular weight is 218 g/mol. The van der Waals surface area contributed by atoms with Crippen LogP contribution in [0.25, 0.3) is 0 Å². The van der Waals surface area contributed by atoms with Crippen molar-refractivity contribution in [2.75, 3.05) is 32.4 Å². The zero-order valence-corrected chi connectivity index (χ0v) is 9.46. The highest BCUT2D eigenvalue weighted by Crippen LogP contribution is 2.22. The lowest BCUT2D eigenvalue weighted by Gasteiger charge is -2.42. The van der Waals surface area contributed by atoms with E-state index in [-0.39, 0.29) is 0 Å². The molecule has 0 unspecified atom stereocenters. The zero-order chi connectivity index (χ0) is 10.2. The van der Waals surface area contributed by atoms with E-state index in [1.807, 2.05) is 0 Å². The van der Waals surface area contributed by atoms with Gasteiger partial charge in [-0.05, 0) is 32.4 Å². The Kier molecular flexibility index (Phi) is 2.81. The maximum absolute atomic E-state index is 11.3. The van der Waals surface area contributed by atoms with Gasteiger partial charge in [-0.25, -0.2) is 12.7 Å². The molecule has 2 aliphatic heterocycles. The Morgan fingerprint density at radius 1 is 1.07 bits per heavy atom. The minimum absolute atomic E-state index is 0.641. The first kappa shape index (κ1) is 10.4. The van der Waals surface area contributed by atoms with Crippen LogP contribution in [0.2, 0.25) is 0 Å². The van der Waals surface area contributed by atoms with Gasteiger partial charge in [0.25, 0.3) is 0 Å². The second-order valence-corrected chi connectivity index (χ2v) is 6.27. The normalized spacial score (nSPS) is 27.5. The molecule has 0 saturated carbocycles. The summed E-state index contributed by atoms with van der Waals surface area (Å²) in [6.45, 7) is 3.84. The van der Waals surface area contributed by atoms with E-state index in [9.17, 15) is 8.42 Å². The van der Waals surface area contributed by atoms with Crippen molar-refractivity contribution in [3.05, 3.63) is 0 Å². The van der Waals surface area contributed by atoms with Crippen molar-refractivity contribution < 1.29 is 8.42 Å². The van der Waals surface area contributed by atoms with Gasteiger partial charge in [0.2, 0.25) is 10.0 Å². The molecule has 2 saturated heterocycles. The molecule has 0 radical (unpaired) electrons. The van der Waals surface area contributed by atoms with Crippen LogP contribution in [0.1, 0.15) is 19.3 Å². The van der Waals surface area contributed by atoms with E-state index >= 15 is 0 Å². The number of nitrogens with zero attached hydrogens (tertiary/aromatic N) is 2. The van der Waals surface area contributed by atoms with Crippen molar-refractivity contribution in [1.82, 2.24) is 9.21 Å². The number of hydrogen-bond acceptors (Lipinski definition) is 3. The molecule has 0 aromatic rings. The molecule has 0 aliphatic carbocycles. The first-order chi connectivity index (χ1) is 6.57. The van der Waals surface area contributed by atoms with Crippen LogP contribution in [0.4, 0.5) is 0 Å². The highest BCUT2D eigenvalue weighted by molar-refractivity contribution is 7.88. The molecule has 14 heavy (non-hydrogen) atoms. The minimum atomic E-state index is -2.95. The standard InChI is InChI=1S/C9H18N2O2S/c1-14(12,13)11-7-3-9(4-8-11)10-5-2-6-10/h9H,2-8H2,1H3. The Labute approximate surface area is 85.9 Å². The first-order valence-electron chi connectivity index (χ1n) is 5.26. The van der Waals surface area contributed by atoms with Crippen molar-refractivity contribution in [3.8, 4) is 0 Å². The van der Waals surface area contributed by atoms with E-state index in [1.165, 1.54) is 25.8 Å². The second kappa shape index (κ2) is 3.79. The minimum Gasteiger partial charge on any atom is -0.300 e. The molecule has 0 aromatic carbocycles. The number of piperidine rings is 1. The van der Waals surface area contributed by atoms with Crippen LogP contribution in [-0.4, -0.2) is 56.1 Å². The van der Waals surface area contributed by atoms with Crippen LogP contribution >= 0.6 is 0 Å². The lowest BCUT2D eigenvalue weighted by molar-refractivity contribution is 0.0819. The SMILES string of the molecule is CS(=O)(=O)N1CCC(N2CCC2)CC1. The Morgan fingerprint density at radius 3 is 2.00 bits per heavy atom. The third kappa shape index (κ3) is 2.10. The lowest BCUT2D eigenvalue weighted by Crippen LogP contribution is -2.51. The molecular weight excluding hydrogens is 200 g/mol. The van der Waals surface area contributed by atoms with Crippen LogP contribution in [0, 0.1) is 0 Å². The number of hydrogen-bond donors (Lipinski definition) is 0. The Hall–Kier alpha value is -0.130. The van der Waals surface area contributed by atoms with Gasteiger partial charge in [0, 0.05) is 19.1 Å². The van der Waals surface area contributed by atoms with Crippen molar-refractivity contribution in [2.24, 2.45) is 0 Å². The molecule has 0 N–H and O–H groups in total. The molecule has 0 atom stereocenters. The van der Waals surface area contributed by atoms with Gasteiger partial charge >= 0.3 is 0 Å². The smallest absolute Gasteiger partial charge is 0.211 e. The summed E-state index contributed by atoms with van der Waals surface area (Å²) in [6.07, 6.45) is 4.63. The number of likely N-dealkylation sites (tertiary alicyclic amines) is 1. The lowest BCUT2D eigenvalue weighted by atomic mass is 10.0. The van der Waals surface area contributed by atoms with E-state index in [1.54, 1.807) is 4.31 Å². The monoisotopic (exact) mass is 218 g/mol. The van der Waals surface area contributed by atoms with Crippen molar-refractivity contribution in [1.29, 1.82) is 0 Å². The summed E-state index contributed by atoms with van der Waals surface area (Å²) in [5, 5.41) is 0. The summed E-state index contributed by atoms with van der Waals surface area (Å²) in [5.74, 6) is 0. The van der Waals surface area contributed by atoms with Gasteiger partial charge in [-0.2, -0.15) is 0 Å². The summed E-state index contributed by atoms with van der Waals surface area (Å²) in [7, 11) is -2.95. The van der Waals surface area contributed by atoms with E-state index in [2.05, 4.69) is 4.90 Å². The van der Waals surface area contributed by atoms with Crippen molar-refractivity contribution in [3.63, 3.8) is 0 Å². The van der Waals surface area contributed by atoms with Crippen molar-refractivity contribution >= 4 is 10.0 Å². The molecule has 2 fully saturated rings. The summed E-state index contributed by atoms with van der Waals surface area (Å²) in [4.78, 5) is 2.47. The van der Waals surface area contributed by atoms with E-state index < -0.39 is 10.0 Å². The highest BCUT2D eigenvalue weighted by atomic mass is 32.2. The topological polar surface area (TPSA) is 40.6 Å². The summed E-state index contributed by atoms with van der Waals surface area (Å²) in [6, 6.07) is 0.641. The van der Waals surface area contributed by atoms with Crippen LogP contribution < -0.4 is 0 Å². The maximum Gasteiger partial charge on any atom is 0.211 e. The van der Waals surface area contributed by atoms with E-state index in [0.29, 0.717) is 19.1 Å². The van der Waals surface area contributed by atoms with Gasteiger partial charge < -0.3 is 4.90 Å². The number of sulfonamides is 1. The van der Waals surface area contributed by atoms with Crippen LogP contribution in [0.15, 0.2) is 0 Å². The first-order valence-corrected chi connectivity index (χ1v) is 7.11. The average Bonchev–Trinajstić information content (AvgIpc) is 2.00. The Balaban J connectivity index is 1.85. The molecule has 2 rings (SSSR count). The van der Waals surface area contributed by atoms with Gasteiger partial charge in [0.15, 0.2) is 0 Å². The summed E-state index contributed by atoms with van der Waals surface area (Å²) >= 11 is 0. The molecule has 2 heterocycles. The van der Waals surface area contributed by atoms with Crippen molar-refractivity contribution in [2.45, 2.75) is 25.3 Å². The molecule has 0 bridgehead atoms. The van der Waals surface area contributed by atoms with Crippen LogP contribution in [-0.2, 0) is 10.0 Å². The fraction of sp³-hybridized carbons (Fsp3) is 1.00. The molecule has 0 spiro atoms. The molecule has 0 amide bonds.